The molecule has 3 heterocycles. The number of rotatable bonds is 1. The highest BCUT2D eigenvalue weighted by Crippen LogP contribution is 2.35. The Morgan fingerprint density at radius 3 is 2.58 bits per heavy atom. The molecule has 3 aromatic heterocycles. The molecule has 24 heavy (non-hydrogen) atoms. The second-order valence-corrected chi connectivity index (χ2v) is 6.05. The van der Waals surface area contributed by atoms with Crippen molar-refractivity contribution < 1.29 is 0 Å². The van der Waals surface area contributed by atoms with Crippen molar-refractivity contribution in [2.24, 2.45) is 0 Å². The molecule has 0 unspecified atom stereocenters. The molecule has 0 bridgehead atoms. The van der Waals surface area contributed by atoms with Gasteiger partial charge in [0.25, 0.3) is 0 Å². The van der Waals surface area contributed by atoms with Gasteiger partial charge in [0.1, 0.15) is 0 Å². The van der Waals surface area contributed by atoms with Crippen LogP contribution < -0.4 is 0 Å². The molecule has 2 aromatic carbocycles. The summed E-state index contributed by atoms with van der Waals surface area (Å²) in [4.78, 5) is 4.73. The lowest BCUT2D eigenvalue weighted by atomic mass is 9.98. The fourth-order valence-corrected chi connectivity index (χ4v) is 3.59. The van der Waals surface area contributed by atoms with Gasteiger partial charge in [0, 0.05) is 17.0 Å². The molecular formula is C21H15N3. The van der Waals surface area contributed by atoms with Gasteiger partial charge in [0.15, 0.2) is 0 Å². The first-order chi connectivity index (χ1) is 11.8. The van der Waals surface area contributed by atoms with E-state index in [0.717, 1.165) is 27.3 Å². The maximum absolute atomic E-state index is 4.73. The van der Waals surface area contributed by atoms with Crippen LogP contribution in [0.15, 0.2) is 73.1 Å². The van der Waals surface area contributed by atoms with Crippen molar-refractivity contribution in [3.8, 4) is 11.1 Å². The number of benzene rings is 2. The van der Waals surface area contributed by atoms with Gasteiger partial charge in [-0.3, -0.25) is 4.98 Å². The highest BCUT2D eigenvalue weighted by Gasteiger charge is 2.15. The molecule has 114 valence electrons. The minimum absolute atomic E-state index is 1.03. The molecular weight excluding hydrogens is 294 g/mol. The fourth-order valence-electron chi connectivity index (χ4n) is 3.59. The molecule has 3 nitrogen and oxygen atoms in total. The van der Waals surface area contributed by atoms with Crippen LogP contribution in [0.1, 0.15) is 5.56 Å². The number of para-hydroxylation sites is 1. The third-order valence-electron chi connectivity index (χ3n) is 4.64. The molecule has 5 aromatic rings. The van der Waals surface area contributed by atoms with E-state index < -0.39 is 0 Å². The van der Waals surface area contributed by atoms with Crippen molar-refractivity contribution in [1.82, 2.24) is 14.6 Å². The fraction of sp³-hybridized carbons (Fsp3) is 0.0476. The summed E-state index contributed by atoms with van der Waals surface area (Å²) in [6.45, 7) is 2.12. The van der Waals surface area contributed by atoms with E-state index in [0.29, 0.717) is 0 Å². The summed E-state index contributed by atoms with van der Waals surface area (Å²) in [5.74, 6) is 0. The lowest BCUT2D eigenvalue weighted by Crippen LogP contribution is -1.97. The van der Waals surface area contributed by atoms with Crippen LogP contribution in [0, 0.1) is 6.92 Å². The molecule has 0 aliphatic heterocycles. The smallest absolute Gasteiger partial charge is 0.0824 e. The Kier molecular flexibility index (Phi) is 2.71. The van der Waals surface area contributed by atoms with Crippen LogP contribution in [-0.4, -0.2) is 14.6 Å². The largest absolute Gasteiger partial charge is 0.255 e. The van der Waals surface area contributed by atoms with Gasteiger partial charge >= 0.3 is 0 Å². The van der Waals surface area contributed by atoms with Gasteiger partial charge in [-0.1, -0.05) is 48.5 Å². The van der Waals surface area contributed by atoms with Crippen LogP contribution in [0.4, 0.5) is 0 Å². The Morgan fingerprint density at radius 1 is 0.833 bits per heavy atom. The van der Waals surface area contributed by atoms with E-state index in [-0.39, 0.29) is 0 Å². The molecule has 0 amide bonds. The van der Waals surface area contributed by atoms with E-state index in [1.165, 1.54) is 16.7 Å². The molecule has 0 aliphatic carbocycles. The van der Waals surface area contributed by atoms with Crippen molar-refractivity contribution in [3.05, 3.63) is 78.6 Å². The van der Waals surface area contributed by atoms with Crippen LogP contribution in [-0.2, 0) is 0 Å². The first kappa shape index (κ1) is 13.3. The van der Waals surface area contributed by atoms with E-state index in [4.69, 9.17) is 4.98 Å². The monoisotopic (exact) mass is 309 g/mol. The lowest BCUT2D eigenvalue weighted by Gasteiger charge is -2.13. The predicted octanol–water partition coefficient (Wildman–Crippen LogP) is 5.01. The summed E-state index contributed by atoms with van der Waals surface area (Å²) in [6.07, 6.45) is 3.77. The summed E-state index contributed by atoms with van der Waals surface area (Å²) in [5.41, 5.74) is 6.84. The zero-order valence-electron chi connectivity index (χ0n) is 13.3. The van der Waals surface area contributed by atoms with E-state index >= 15 is 0 Å². The second-order valence-electron chi connectivity index (χ2n) is 6.05. The number of hydrogen-bond donors (Lipinski definition) is 0. The molecule has 0 fully saturated rings. The quantitative estimate of drug-likeness (QED) is 0.407. The minimum atomic E-state index is 1.03. The average Bonchev–Trinajstić information content (AvgIpc) is 3.12. The Morgan fingerprint density at radius 2 is 1.71 bits per heavy atom. The van der Waals surface area contributed by atoms with Crippen molar-refractivity contribution in [3.63, 3.8) is 0 Å². The first-order valence-corrected chi connectivity index (χ1v) is 8.04. The number of aromatic nitrogens is 3. The standard InChI is InChI=1S/C21H15N3/c1-14-6-5-9-17-20-19(18-11-13-23-24(18)21(14)17)16(10-12-22-20)15-7-3-2-4-8-15/h2-13H,1H3. The highest BCUT2D eigenvalue weighted by atomic mass is 15.2. The van der Waals surface area contributed by atoms with Crippen LogP contribution >= 0.6 is 0 Å². The molecule has 0 saturated heterocycles. The first-order valence-electron chi connectivity index (χ1n) is 8.04. The maximum atomic E-state index is 4.73. The second kappa shape index (κ2) is 4.90. The summed E-state index contributed by atoms with van der Waals surface area (Å²) in [6, 6.07) is 21.0. The number of aryl methyl sites for hydroxylation is 1. The normalized spacial score (nSPS) is 11.5. The number of nitrogens with zero attached hydrogens (tertiary/aromatic N) is 3. The van der Waals surface area contributed by atoms with E-state index in [1.54, 1.807) is 0 Å². The zero-order chi connectivity index (χ0) is 16.1. The summed E-state index contributed by atoms with van der Waals surface area (Å²) < 4.78 is 2.04. The Labute approximate surface area is 139 Å². The van der Waals surface area contributed by atoms with Crippen LogP contribution in [0.5, 0.6) is 0 Å². The highest BCUT2D eigenvalue weighted by molar-refractivity contribution is 6.16. The minimum Gasteiger partial charge on any atom is -0.255 e. The topological polar surface area (TPSA) is 30.2 Å². The SMILES string of the molecule is Cc1cccc2c3nccc(-c4ccccc4)c3c3ccnn3c12. The average molecular weight is 309 g/mol. The Balaban J connectivity index is 2.08. The molecule has 0 aliphatic rings. The Bertz CT molecular complexity index is 1200. The van der Waals surface area contributed by atoms with Gasteiger partial charge in [-0.05, 0) is 35.7 Å². The molecule has 0 spiro atoms. The molecule has 0 saturated carbocycles. The predicted molar refractivity (Wildman–Crippen MR) is 98.2 cm³/mol. The van der Waals surface area contributed by atoms with Crippen molar-refractivity contribution >= 4 is 27.3 Å². The van der Waals surface area contributed by atoms with Crippen LogP contribution in [0.3, 0.4) is 0 Å². The zero-order valence-corrected chi connectivity index (χ0v) is 13.3. The van der Waals surface area contributed by atoms with E-state index in [1.807, 2.05) is 23.0 Å². The van der Waals surface area contributed by atoms with Crippen LogP contribution in [0.2, 0.25) is 0 Å². The van der Waals surface area contributed by atoms with Gasteiger partial charge in [-0.2, -0.15) is 5.10 Å². The Hall–Kier alpha value is -3.20. The summed E-state index contributed by atoms with van der Waals surface area (Å²) in [7, 11) is 0. The van der Waals surface area contributed by atoms with Crippen LogP contribution in [0.25, 0.3) is 38.4 Å². The van der Waals surface area contributed by atoms with Gasteiger partial charge in [0.05, 0.1) is 22.7 Å². The van der Waals surface area contributed by atoms with Crippen molar-refractivity contribution in [1.29, 1.82) is 0 Å². The van der Waals surface area contributed by atoms with Crippen molar-refractivity contribution in [2.75, 3.05) is 0 Å². The van der Waals surface area contributed by atoms with Gasteiger partial charge in [-0.25, -0.2) is 4.52 Å². The van der Waals surface area contributed by atoms with Gasteiger partial charge in [-0.15, -0.1) is 0 Å². The number of pyridine rings is 2. The molecule has 0 radical (unpaired) electrons. The number of fused-ring (bicyclic) bond motifs is 6. The molecule has 5 rings (SSSR count). The molecule has 0 N–H and O–H groups in total. The maximum Gasteiger partial charge on any atom is 0.0824 e. The summed E-state index contributed by atoms with van der Waals surface area (Å²) in [5, 5.41) is 6.87. The van der Waals surface area contributed by atoms with E-state index in [2.05, 4.69) is 66.6 Å². The summed E-state index contributed by atoms with van der Waals surface area (Å²) >= 11 is 0. The van der Waals surface area contributed by atoms with Gasteiger partial charge in [0.2, 0.25) is 0 Å². The molecule has 3 heteroatoms. The third kappa shape index (κ3) is 1.72. The molecule has 0 atom stereocenters. The van der Waals surface area contributed by atoms with Crippen molar-refractivity contribution in [2.45, 2.75) is 6.92 Å². The number of hydrogen-bond acceptors (Lipinski definition) is 2. The lowest BCUT2D eigenvalue weighted by molar-refractivity contribution is 1.00. The van der Waals surface area contributed by atoms with E-state index in [9.17, 15) is 0 Å². The third-order valence-corrected chi connectivity index (χ3v) is 4.64. The van der Waals surface area contributed by atoms with Gasteiger partial charge < -0.3 is 0 Å².